The first-order valence-electron chi connectivity index (χ1n) is 7.10. The van der Waals surface area contributed by atoms with Gasteiger partial charge in [-0.1, -0.05) is 0 Å². The molecule has 6 nitrogen and oxygen atoms in total. The number of piperidine rings is 1. The average molecular weight is 309 g/mol. The Labute approximate surface area is 127 Å². The summed E-state index contributed by atoms with van der Waals surface area (Å²) in [7, 11) is 0. The quantitative estimate of drug-likeness (QED) is 0.874. The number of aryl methyl sites for hydroxylation is 1. The number of likely N-dealkylation sites (tertiary alicyclic amines) is 1. The highest BCUT2D eigenvalue weighted by molar-refractivity contribution is 6.32. The highest BCUT2D eigenvalue weighted by atomic mass is 35.5. The van der Waals surface area contributed by atoms with Crippen LogP contribution in [0.1, 0.15) is 41.9 Å². The third-order valence-corrected chi connectivity index (χ3v) is 4.20. The molecule has 3 rings (SSSR count). The lowest BCUT2D eigenvalue weighted by Crippen LogP contribution is -2.39. The number of amides is 1. The van der Waals surface area contributed by atoms with E-state index in [0.29, 0.717) is 12.1 Å². The summed E-state index contributed by atoms with van der Waals surface area (Å²) >= 11 is 5.90. The molecule has 0 N–H and O–H groups in total. The standard InChI is InChI=1S/C14H17ClN4O2/c1-2-18-9-16-17-13(18)10-4-3-6-19(8-10)14(20)11-5-7-21-12(11)15/h5,7,9-10H,2-4,6,8H2,1H3/t10-/m0/s1. The first-order valence-corrected chi connectivity index (χ1v) is 7.48. The molecular weight excluding hydrogens is 292 g/mol. The number of rotatable bonds is 3. The summed E-state index contributed by atoms with van der Waals surface area (Å²) in [5.41, 5.74) is 0.425. The van der Waals surface area contributed by atoms with E-state index in [0.717, 1.165) is 31.8 Å². The van der Waals surface area contributed by atoms with E-state index in [9.17, 15) is 4.79 Å². The molecule has 2 aromatic rings. The number of halogens is 1. The number of furan rings is 1. The number of carbonyl (C=O) groups excluding carboxylic acids is 1. The van der Waals surface area contributed by atoms with Gasteiger partial charge in [0.05, 0.1) is 11.8 Å². The fraction of sp³-hybridized carbons (Fsp3) is 0.500. The van der Waals surface area contributed by atoms with Crippen LogP contribution in [0.5, 0.6) is 0 Å². The maximum atomic E-state index is 12.5. The fourth-order valence-corrected chi connectivity index (χ4v) is 3.01. The van der Waals surface area contributed by atoms with E-state index in [4.69, 9.17) is 16.0 Å². The zero-order chi connectivity index (χ0) is 14.8. The van der Waals surface area contributed by atoms with Crippen molar-refractivity contribution in [3.8, 4) is 0 Å². The molecule has 1 saturated heterocycles. The Bertz CT molecular complexity index is 636. The Hall–Kier alpha value is -1.82. The van der Waals surface area contributed by atoms with E-state index in [-0.39, 0.29) is 17.0 Å². The van der Waals surface area contributed by atoms with Gasteiger partial charge in [-0.25, -0.2) is 0 Å². The van der Waals surface area contributed by atoms with Gasteiger partial charge in [-0.2, -0.15) is 0 Å². The van der Waals surface area contributed by atoms with Gasteiger partial charge in [-0.15, -0.1) is 10.2 Å². The van der Waals surface area contributed by atoms with E-state index in [1.807, 2.05) is 9.47 Å². The maximum Gasteiger partial charge on any atom is 0.258 e. The van der Waals surface area contributed by atoms with E-state index >= 15 is 0 Å². The van der Waals surface area contributed by atoms with E-state index in [2.05, 4.69) is 17.1 Å². The van der Waals surface area contributed by atoms with Crippen LogP contribution in [0.3, 0.4) is 0 Å². The molecule has 7 heteroatoms. The van der Waals surface area contributed by atoms with E-state index in [1.54, 1.807) is 12.4 Å². The summed E-state index contributed by atoms with van der Waals surface area (Å²) in [6, 6.07) is 1.61. The zero-order valence-electron chi connectivity index (χ0n) is 11.8. The lowest BCUT2D eigenvalue weighted by molar-refractivity contribution is 0.0702. The Morgan fingerprint density at radius 3 is 3.14 bits per heavy atom. The van der Waals surface area contributed by atoms with Crippen LogP contribution in [0.25, 0.3) is 0 Å². The third kappa shape index (κ3) is 2.68. The van der Waals surface area contributed by atoms with Crippen molar-refractivity contribution in [2.24, 2.45) is 0 Å². The van der Waals surface area contributed by atoms with Gasteiger partial charge >= 0.3 is 0 Å². The number of nitrogens with zero attached hydrogens (tertiary/aromatic N) is 4. The normalized spacial score (nSPS) is 19.0. The van der Waals surface area contributed by atoms with Crippen molar-refractivity contribution in [1.29, 1.82) is 0 Å². The zero-order valence-corrected chi connectivity index (χ0v) is 12.6. The van der Waals surface area contributed by atoms with Gasteiger partial charge in [0, 0.05) is 25.6 Å². The van der Waals surface area contributed by atoms with E-state index in [1.165, 1.54) is 6.26 Å². The van der Waals surface area contributed by atoms with Crippen molar-refractivity contribution < 1.29 is 9.21 Å². The molecule has 0 aliphatic carbocycles. The number of hydrogen-bond acceptors (Lipinski definition) is 4. The molecule has 1 aliphatic rings. The third-order valence-electron chi connectivity index (χ3n) is 3.91. The monoisotopic (exact) mass is 308 g/mol. The molecule has 0 spiro atoms. The van der Waals surface area contributed by atoms with Crippen molar-refractivity contribution in [3.05, 3.63) is 35.3 Å². The van der Waals surface area contributed by atoms with Crippen molar-refractivity contribution in [3.63, 3.8) is 0 Å². The second-order valence-electron chi connectivity index (χ2n) is 5.17. The lowest BCUT2D eigenvalue weighted by atomic mass is 9.96. The summed E-state index contributed by atoms with van der Waals surface area (Å²) in [6.07, 6.45) is 5.14. The van der Waals surface area contributed by atoms with Gasteiger partial charge in [0.2, 0.25) is 5.22 Å². The smallest absolute Gasteiger partial charge is 0.258 e. The van der Waals surface area contributed by atoms with Crippen LogP contribution in [0.2, 0.25) is 5.22 Å². The SMILES string of the molecule is CCn1cnnc1[C@H]1CCCN(C(=O)c2ccoc2Cl)C1. The Morgan fingerprint density at radius 1 is 1.57 bits per heavy atom. The van der Waals surface area contributed by atoms with Crippen LogP contribution in [0, 0.1) is 0 Å². The van der Waals surface area contributed by atoms with Crippen molar-refractivity contribution in [2.45, 2.75) is 32.2 Å². The first-order chi connectivity index (χ1) is 10.2. The van der Waals surface area contributed by atoms with Crippen molar-refractivity contribution >= 4 is 17.5 Å². The largest absolute Gasteiger partial charge is 0.452 e. The van der Waals surface area contributed by atoms with Crippen LogP contribution >= 0.6 is 11.6 Å². The van der Waals surface area contributed by atoms with Crippen LogP contribution < -0.4 is 0 Å². The highest BCUT2D eigenvalue weighted by Gasteiger charge is 2.29. The second-order valence-corrected chi connectivity index (χ2v) is 5.52. The summed E-state index contributed by atoms with van der Waals surface area (Å²) in [6.45, 7) is 4.26. The minimum Gasteiger partial charge on any atom is -0.452 e. The second kappa shape index (κ2) is 5.89. The molecule has 112 valence electrons. The molecule has 0 aromatic carbocycles. The van der Waals surface area contributed by atoms with E-state index < -0.39 is 0 Å². The molecule has 1 fully saturated rings. The Morgan fingerprint density at radius 2 is 2.43 bits per heavy atom. The van der Waals surface area contributed by atoms with Gasteiger partial charge < -0.3 is 13.9 Å². The summed E-state index contributed by atoms with van der Waals surface area (Å²) in [5.74, 6) is 1.09. The van der Waals surface area contributed by atoms with Gasteiger partial charge in [0.15, 0.2) is 0 Å². The molecule has 2 aromatic heterocycles. The number of carbonyl (C=O) groups is 1. The lowest BCUT2D eigenvalue weighted by Gasteiger charge is -2.32. The molecule has 3 heterocycles. The fourth-order valence-electron chi connectivity index (χ4n) is 2.81. The van der Waals surface area contributed by atoms with Gasteiger partial charge in [-0.3, -0.25) is 4.79 Å². The van der Waals surface area contributed by atoms with Crippen LogP contribution in [0.15, 0.2) is 23.1 Å². The van der Waals surface area contributed by atoms with Crippen LogP contribution in [-0.2, 0) is 6.54 Å². The van der Waals surface area contributed by atoms with Crippen molar-refractivity contribution in [2.75, 3.05) is 13.1 Å². The molecule has 0 bridgehead atoms. The van der Waals surface area contributed by atoms with Crippen molar-refractivity contribution in [1.82, 2.24) is 19.7 Å². The van der Waals surface area contributed by atoms with Gasteiger partial charge in [-0.05, 0) is 37.4 Å². The Balaban J connectivity index is 1.77. The number of aromatic nitrogens is 3. The topological polar surface area (TPSA) is 64.2 Å². The average Bonchev–Trinajstić information content (AvgIpc) is 3.15. The highest BCUT2D eigenvalue weighted by Crippen LogP contribution is 2.28. The van der Waals surface area contributed by atoms with Crippen LogP contribution in [0.4, 0.5) is 0 Å². The summed E-state index contributed by atoms with van der Waals surface area (Å²) in [5, 5.41) is 8.34. The van der Waals surface area contributed by atoms with Crippen LogP contribution in [-0.4, -0.2) is 38.7 Å². The maximum absolute atomic E-state index is 12.5. The first kappa shape index (κ1) is 14.1. The summed E-state index contributed by atoms with van der Waals surface area (Å²) < 4.78 is 7.03. The molecule has 21 heavy (non-hydrogen) atoms. The molecule has 1 aliphatic heterocycles. The molecule has 0 radical (unpaired) electrons. The Kier molecular flexibility index (Phi) is 3.96. The molecule has 0 saturated carbocycles. The molecule has 1 amide bonds. The predicted molar refractivity (Wildman–Crippen MR) is 77.3 cm³/mol. The minimum atomic E-state index is -0.0824. The molecular formula is C14H17ClN4O2. The molecule has 0 unspecified atom stereocenters. The number of hydrogen-bond donors (Lipinski definition) is 0. The predicted octanol–water partition coefficient (Wildman–Crippen LogP) is 2.56. The van der Waals surface area contributed by atoms with Gasteiger partial charge in [0.25, 0.3) is 5.91 Å². The summed E-state index contributed by atoms with van der Waals surface area (Å²) in [4.78, 5) is 14.3. The minimum absolute atomic E-state index is 0.0824. The van der Waals surface area contributed by atoms with Gasteiger partial charge in [0.1, 0.15) is 12.2 Å². The molecule has 1 atom stereocenters.